The first-order chi connectivity index (χ1) is 11.7. The summed E-state index contributed by atoms with van der Waals surface area (Å²) in [5.41, 5.74) is 1.22. The lowest BCUT2D eigenvalue weighted by Crippen LogP contribution is -2.39. The Labute approximate surface area is 147 Å². The van der Waals surface area contributed by atoms with Crippen LogP contribution >= 0.6 is 0 Å². The highest BCUT2D eigenvalue weighted by Crippen LogP contribution is 2.35. The van der Waals surface area contributed by atoms with Gasteiger partial charge in [0.2, 0.25) is 5.91 Å². The van der Waals surface area contributed by atoms with Crippen LogP contribution in [0.2, 0.25) is 0 Å². The summed E-state index contributed by atoms with van der Waals surface area (Å²) in [5, 5.41) is 0. The van der Waals surface area contributed by atoms with Crippen molar-refractivity contribution >= 4 is 11.7 Å². The molecule has 136 valence electrons. The fourth-order valence-electron chi connectivity index (χ4n) is 4.08. The zero-order valence-corrected chi connectivity index (χ0v) is 15.5. The topological polar surface area (TPSA) is 37.4 Å². The van der Waals surface area contributed by atoms with Crippen LogP contribution in [0, 0.1) is 5.92 Å². The molecule has 1 heterocycles. The van der Waals surface area contributed by atoms with E-state index in [1.807, 2.05) is 4.90 Å². The number of unbranched alkanes of at least 4 members (excludes halogenated alkanes) is 6. The average molecular weight is 334 g/mol. The lowest BCUT2D eigenvalue weighted by Gasteiger charge is -2.38. The summed E-state index contributed by atoms with van der Waals surface area (Å²) in [5.74, 6) is 0.738. The number of piperidine rings is 1. The van der Waals surface area contributed by atoms with Crippen LogP contribution in [0.15, 0.2) is 11.8 Å². The maximum atomic E-state index is 12.5. The molecule has 0 aromatic carbocycles. The molecule has 24 heavy (non-hydrogen) atoms. The third-order valence-corrected chi connectivity index (χ3v) is 5.48. The van der Waals surface area contributed by atoms with Gasteiger partial charge in [0.25, 0.3) is 0 Å². The van der Waals surface area contributed by atoms with Crippen molar-refractivity contribution in [1.82, 2.24) is 4.90 Å². The summed E-state index contributed by atoms with van der Waals surface area (Å²) < 4.78 is 0. The van der Waals surface area contributed by atoms with E-state index in [2.05, 4.69) is 13.0 Å². The Morgan fingerprint density at radius 1 is 1.04 bits per heavy atom. The molecule has 1 unspecified atom stereocenters. The first kappa shape index (κ1) is 19.2. The van der Waals surface area contributed by atoms with Gasteiger partial charge in [-0.3, -0.25) is 9.59 Å². The second kappa shape index (κ2) is 10.7. The number of fused-ring (bicyclic) bond motifs is 1. The van der Waals surface area contributed by atoms with Gasteiger partial charge in [0.15, 0.2) is 0 Å². The Kier molecular flexibility index (Phi) is 8.55. The van der Waals surface area contributed by atoms with Crippen LogP contribution in [0.5, 0.6) is 0 Å². The quantitative estimate of drug-likeness (QED) is 0.397. The van der Waals surface area contributed by atoms with E-state index in [1.54, 1.807) is 0 Å². The number of ketones is 1. The molecule has 1 fully saturated rings. The van der Waals surface area contributed by atoms with E-state index in [1.165, 1.54) is 57.1 Å². The van der Waals surface area contributed by atoms with Crippen LogP contribution in [-0.2, 0) is 9.59 Å². The van der Waals surface area contributed by atoms with E-state index in [-0.39, 0.29) is 18.1 Å². The summed E-state index contributed by atoms with van der Waals surface area (Å²) in [6.45, 7) is 3.04. The molecule has 1 atom stereocenters. The first-order valence-corrected chi connectivity index (χ1v) is 10.2. The summed E-state index contributed by atoms with van der Waals surface area (Å²) in [7, 11) is 0. The Balaban J connectivity index is 1.66. The van der Waals surface area contributed by atoms with Gasteiger partial charge < -0.3 is 4.90 Å². The highest BCUT2D eigenvalue weighted by Gasteiger charge is 2.30. The molecule has 3 nitrogen and oxygen atoms in total. The number of hydrogen-bond acceptors (Lipinski definition) is 2. The minimum Gasteiger partial charge on any atom is -0.316 e. The molecule has 0 saturated carbocycles. The third-order valence-electron chi connectivity index (χ3n) is 5.48. The summed E-state index contributed by atoms with van der Waals surface area (Å²) >= 11 is 0. The van der Waals surface area contributed by atoms with E-state index in [0.717, 1.165) is 32.2 Å². The van der Waals surface area contributed by atoms with Gasteiger partial charge in [0.1, 0.15) is 5.78 Å². The zero-order chi connectivity index (χ0) is 17.2. The predicted molar refractivity (Wildman–Crippen MR) is 98.6 cm³/mol. The summed E-state index contributed by atoms with van der Waals surface area (Å²) in [4.78, 5) is 26.6. The van der Waals surface area contributed by atoms with Crippen molar-refractivity contribution < 1.29 is 9.59 Å². The van der Waals surface area contributed by atoms with Crippen LogP contribution in [0.1, 0.15) is 96.8 Å². The Morgan fingerprint density at radius 2 is 1.75 bits per heavy atom. The standard InChI is InChI=1S/C21H35NO2/c1-2-3-4-5-6-7-8-14-19(23)17-21(24)22-16-11-13-18-12-9-10-15-20(18)22/h15,18H,2-14,16-17H2,1H3. The monoisotopic (exact) mass is 333 g/mol. The molecule has 1 amide bonds. The van der Waals surface area contributed by atoms with Gasteiger partial charge in [-0.15, -0.1) is 0 Å². The number of hydrogen-bond donors (Lipinski definition) is 0. The van der Waals surface area contributed by atoms with Crippen molar-refractivity contribution in [1.29, 1.82) is 0 Å². The predicted octanol–water partition coefficient (Wildman–Crippen LogP) is 5.39. The van der Waals surface area contributed by atoms with Gasteiger partial charge in [0, 0.05) is 18.7 Å². The van der Waals surface area contributed by atoms with Crippen LogP contribution < -0.4 is 0 Å². The molecule has 1 aliphatic carbocycles. The van der Waals surface area contributed by atoms with E-state index in [9.17, 15) is 9.59 Å². The first-order valence-electron chi connectivity index (χ1n) is 10.2. The van der Waals surface area contributed by atoms with E-state index in [4.69, 9.17) is 0 Å². The van der Waals surface area contributed by atoms with Crippen LogP contribution in [0.25, 0.3) is 0 Å². The number of likely N-dealkylation sites (tertiary alicyclic amines) is 1. The van der Waals surface area contributed by atoms with Crippen molar-refractivity contribution in [2.75, 3.05) is 6.54 Å². The molecule has 0 radical (unpaired) electrons. The molecule has 2 rings (SSSR count). The van der Waals surface area contributed by atoms with Gasteiger partial charge in [-0.1, -0.05) is 51.5 Å². The highest BCUT2D eigenvalue weighted by molar-refractivity contribution is 5.98. The van der Waals surface area contributed by atoms with Gasteiger partial charge in [0.05, 0.1) is 6.42 Å². The number of carbonyl (C=O) groups excluding carboxylic acids is 2. The molecule has 0 aromatic heterocycles. The summed E-state index contributed by atoms with van der Waals surface area (Å²) in [6.07, 6.45) is 17.2. The molecule has 2 aliphatic rings. The fraction of sp³-hybridized carbons (Fsp3) is 0.810. The molecule has 3 heteroatoms. The van der Waals surface area contributed by atoms with E-state index >= 15 is 0 Å². The second-order valence-electron chi connectivity index (χ2n) is 7.53. The van der Waals surface area contributed by atoms with Crippen molar-refractivity contribution in [3.8, 4) is 0 Å². The molecule has 0 N–H and O–H groups in total. The zero-order valence-electron chi connectivity index (χ0n) is 15.5. The number of amides is 1. The van der Waals surface area contributed by atoms with Crippen molar-refractivity contribution in [2.24, 2.45) is 5.92 Å². The number of Topliss-reactive ketones (excluding diaryl/α,β-unsaturated/α-hetero) is 1. The van der Waals surface area contributed by atoms with Crippen LogP contribution in [-0.4, -0.2) is 23.1 Å². The lowest BCUT2D eigenvalue weighted by atomic mass is 9.84. The maximum Gasteiger partial charge on any atom is 0.234 e. The number of allylic oxidation sites excluding steroid dienone is 2. The minimum absolute atomic E-state index is 0.0424. The Hall–Kier alpha value is -1.12. The highest BCUT2D eigenvalue weighted by atomic mass is 16.2. The van der Waals surface area contributed by atoms with E-state index in [0.29, 0.717) is 12.3 Å². The molecule has 0 aromatic rings. The smallest absolute Gasteiger partial charge is 0.234 e. The van der Waals surface area contributed by atoms with E-state index < -0.39 is 0 Å². The molecular weight excluding hydrogens is 298 g/mol. The van der Waals surface area contributed by atoms with Gasteiger partial charge in [-0.25, -0.2) is 0 Å². The molecule has 1 saturated heterocycles. The van der Waals surface area contributed by atoms with Crippen molar-refractivity contribution in [2.45, 2.75) is 96.8 Å². The second-order valence-corrected chi connectivity index (χ2v) is 7.53. The van der Waals surface area contributed by atoms with Gasteiger partial charge in [-0.05, 0) is 44.4 Å². The van der Waals surface area contributed by atoms with Crippen molar-refractivity contribution in [3.63, 3.8) is 0 Å². The summed E-state index contributed by atoms with van der Waals surface area (Å²) in [6, 6.07) is 0. The normalized spacial score (nSPS) is 20.5. The molecule has 0 spiro atoms. The number of nitrogens with zero attached hydrogens (tertiary/aromatic N) is 1. The van der Waals surface area contributed by atoms with Crippen LogP contribution in [0.4, 0.5) is 0 Å². The number of carbonyl (C=O) groups is 2. The van der Waals surface area contributed by atoms with Gasteiger partial charge in [-0.2, -0.15) is 0 Å². The Morgan fingerprint density at radius 3 is 2.54 bits per heavy atom. The average Bonchev–Trinajstić information content (AvgIpc) is 2.60. The Bertz CT molecular complexity index is 441. The molecule has 0 bridgehead atoms. The maximum absolute atomic E-state index is 12.5. The SMILES string of the molecule is CCCCCCCCCC(=O)CC(=O)N1CCCC2CCCC=C21. The minimum atomic E-state index is 0.0424. The fourth-order valence-corrected chi connectivity index (χ4v) is 4.08. The van der Waals surface area contributed by atoms with Gasteiger partial charge >= 0.3 is 0 Å². The molecular formula is C21H35NO2. The largest absolute Gasteiger partial charge is 0.316 e. The molecule has 1 aliphatic heterocycles. The third kappa shape index (κ3) is 6.07. The number of rotatable bonds is 10. The van der Waals surface area contributed by atoms with Crippen LogP contribution in [0.3, 0.4) is 0 Å². The van der Waals surface area contributed by atoms with Crippen molar-refractivity contribution in [3.05, 3.63) is 11.8 Å². The lowest BCUT2D eigenvalue weighted by molar-refractivity contribution is -0.135.